The minimum atomic E-state index is 0.636. The van der Waals surface area contributed by atoms with Crippen LogP contribution >= 0.6 is 27.5 Å². The lowest BCUT2D eigenvalue weighted by atomic mass is 9.86. The van der Waals surface area contributed by atoms with Gasteiger partial charge in [-0.3, -0.25) is 0 Å². The summed E-state index contributed by atoms with van der Waals surface area (Å²) in [5.41, 5.74) is 1.90. The van der Waals surface area contributed by atoms with Crippen LogP contribution in [0.5, 0.6) is 0 Å². The topological polar surface area (TPSA) is 30.2 Å². The lowest BCUT2D eigenvalue weighted by Gasteiger charge is -2.21. The largest absolute Gasteiger partial charge is 0.232 e. The molecule has 2 aromatic rings. The van der Waals surface area contributed by atoms with E-state index in [0.29, 0.717) is 5.15 Å². The van der Waals surface area contributed by atoms with Crippen molar-refractivity contribution in [3.05, 3.63) is 27.6 Å². The molecule has 0 aliphatic heterocycles. The van der Waals surface area contributed by atoms with Gasteiger partial charge in [0.25, 0.3) is 0 Å². The number of fused-ring (bicyclic) bond motifs is 1. The van der Waals surface area contributed by atoms with Crippen LogP contribution in [0.1, 0.15) is 37.8 Å². The van der Waals surface area contributed by atoms with Gasteiger partial charge >= 0.3 is 0 Å². The van der Waals surface area contributed by atoms with Gasteiger partial charge in [-0.1, -0.05) is 43.7 Å². The van der Waals surface area contributed by atoms with Crippen LogP contribution in [0.3, 0.4) is 0 Å². The molecule has 3 rings (SSSR count). The highest BCUT2D eigenvalue weighted by Crippen LogP contribution is 2.28. The van der Waals surface area contributed by atoms with Crippen LogP contribution in [0.25, 0.3) is 5.65 Å². The molecule has 1 fully saturated rings. The first-order valence-electron chi connectivity index (χ1n) is 6.42. The lowest BCUT2D eigenvalue weighted by molar-refractivity contribution is 0.354. The van der Waals surface area contributed by atoms with E-state index in [1.165, 1.54) is 32.1 Å². The highest BCUT2D eigenvalue weighted by atomic mass is 79.9. The molecule has 3 nitrogen and oxygen atoms in total. The fourth-order valence-corrected chi connectivity index (χ4v) is 3.34. The van der Waals surface area contributed by atoms with Crippen LogP contribution < -0.4 is 0 Å². The molecule has 0 unspecified atom stereocenters. The van der Waals surface area contributed by atoms with Crippen LogP contribution in [-0.2, 0) is 6.42 Å². The molecule has 18 heavy (non-hydrogen) atoms. The molecular weight excluding hydrogens is 314 g/mol. The van der Waals surface area contributed by atoms with E-state index in [9.17, 15) is 0 Å². The van der Waals surface area contributed by atoms with Crippen molar-refractivity contribution in [2.75, 3.05) is 0 Å². The number of nitrogens with zero attached hydrogens (tertiary/aromatic N) is 3. The van der Waals surface area contributed by atoms with Gasteiger partial charge < -0.3 is 0 Å². The van der Waals surface area contributed by atoms with Crippen molar-refractivity contribution in [2.24, 2.45) is 5.92 Å². The predicted molar refractivity (Wildman–Crippen MR) is 76.0 cm³/mol. The smallest absolute Gasteiger partial charge is 0.171 e. The quantitative estimate of drug-likeness (QED) is 0.771. The SMILES string of the molecule is Clc1cc(CC2CCCCC2)nc2c(Br)cnn12. The van der Waals surface area contributed by atoms with Crippen molar-refractivity contribution >= 4 is 33.2 Å². The zero-order valence-electron chi connectivity index (χ0n) is 10.1. The average molecular weight is 329 g/mol. The molecule has 0 spiro atoms. The molecule has 2 heterocycles. The molecule has 96 valence electrons. The molecule has 5 heteroatoms. The number of hydrogen-bond acceptors (Lipinski definition) is 2. The Hall–Kier alpha value is -0.610. The van der Waals surface area contributed by atoms with Gasteiger partial charge in [-0.15, -0.1) is 0 Å². The summed E-state index contributed by atoms with van der Waals surface area (Å²) in [6.45, 7) is 0. The highest BCUT2D eigenvalue weighted by Gasteiger charge is 2.16. The standard InChI is InChI=1S/C13H15BrClN3/c14-11-8-16-18-12(15)7-10(17-13(11)18)6-9-4-2-1-3-5-9/h7-9H,1-6H2. The van der Waals surface area contributed by atoms with Crippen LogP contribution in [0.15, 0.2) is 16.7 Å². The molecule has 1 aliphatic carbocycles. The van der Waals surface area contributed by atoms with Crippen molar-refractivity contribution in [2.45, 2.75) is 38.5 Å². The first-order chi connectivity index (χ1) is 8.74. The summed E-state index contributed by atoms with van der Waals surface area (Å²) in [6.07, 6.45) is 9.52. The molecule has 1 aliphatic rings. The van der Waals surface area contributed by atoms with Gasteiger partial charge in [0, 0.05) is 5.69 Å². The highest BCUT2D eigenvalue weighted by molar-refractivity contribution is 9.10. The van der Waals surface area contributed by atoms with Crippen molar-refractivity contribution in [3.8, 4) is 0 Å². The molecule has 0 bridgehead atoms. The van der Waals surface area contributed by atoms with E-state index in [1.54, 1.807) is 10.7 Å². The summed E-state index contributed by atoms with van der Waals surface area (Å²) in [5, 5.41) is 4.82. The van der Waals surface area contributed by atoms with Crippen LogP contribution in [0, 0.1) is 5.92 Å². The van der Waals surface area contributed by atoms with E-state index in [0.717, 1.165) is 28.2 Å². The van der Waals surface area contributed by atoms with Gasteiger partial charge in [-0.05, 0) is 34.3 Å². The van der Waals surface area contributed by atoms with E-state index in [1.807, 2.05) is 6.07 Å². The monoisotopic (exact) mass is 327 g/mol. The number of hydrogen-bond donors (Lipinski definition) is 0. The summed E-state index contributed by atoms with van der Waals surface area (Å²) < 4.78 is 2.56. The normalized spacial score (nSPS) is 17.4. The maximum absolute atomic E-state index is 6.23. The van der Waals surface area contributed by atoms with E-state index >= 15 is 0 Å². The van der Waals surface area contributed by atoms with E-state index in [4.69, 9.17) is 11.6 Å². The number of halogens is 2. The Morgan fingerprint density at radius 1 is 1.33 bits per heavy atom. The third kappa shape index (κ3) is 2.41. The van der Waals surface area contributed by atoms with Gasteiger partial charge in [0.05, 0.1) is 10.7 Å². The number of aromatic nitrogens is 3. The second-order valence-corrected chi connectivity index (χ2v) is 6.25. The van der Waals surface area contributed by atoms with Crippen molar-refractivity contribution < 1.29 is 0 Å². The van der Waals surface area contributed by atoms with Crippen LogP contribution in [-0.4, -0.2) is 14.6 Å². The van der Waals surface area contributed by atoms with Gasteiger partial charge in [0.1, 0.15) is 5.15 Å². The van der Waals surface area contributed by atoms with Crippen molar-refractivity contribution in [1.29, 1.82) is 0 Å². The maximum Gasteiger partial charge on any atom is 0.171 e. The minimum Gasteiger partial charge on any atom is -0.232 e. The Balaban J connectivity index is 1.89. The van der Waals surface area contributed by atoms with Gasteiger partial charge in [0.15, 0.2) is 5.65 Å². The zero-order chi connectivity index (χ0) is 12.5. The fourth-order valence-electron chi connectivity index (χ4n) is 2.74. The molecule has 2 aromatic heterocycles. The molecular formula is C13H15BrClN3. The number of rotatable bonds is 2. The fraction of sp³-hybridized carbons (Fsp3) is 0.538. The third-order valence-corrected chi connectivity index (χ3v) is 4.49. The van der Waals surface area contributed by atoms with Crippen molar-refractivity contribution in [3.63, 3.8) is 0 Å². The summed E-state index contributed by atoms with van der Waals surface area (Å²) >= 11 is 9.69. The molecule has 0 saturated heterocycles. The summed E-state index contributed by atoms with van der Waals surface area (Å²) in [7, 11) is 0. The molecule has 0 atom stereocenters. The van der Waals surface area contributed by atoms with Crippen LogP contribution in [0.4, 0.5) is 0 Å². The van der Waals surface area contributed by atoms with Gasteiger partial charge in [0.2, 0.25) is 0 Å². The Morgan fingerprint density at radius 3 is 2.89 bits per heavy atom. The average Bonchev–Trinajstić information content (AvgIpc) is 2.73. The van der Waals surface area contributed by atoms with E-state index in [-0.39, 0.29) is 0 Å². The Kier molecular flexibility index (Phi) is 3.57. The van der Waals surface area contributed by atoms with E-state index in [2.05, 4.69) is 26.0 Å². The minimum absolute atomic E-state index is 0.636. The van der Waals surface area contributed by atoms with Gasteiger partial charge in [-0.2, -0.15) is 5.10 Å². The molecule has 0 amide bonds. The second kappa shape index (κ2) is 5.17. The maximum atomic E-state index is 6.23. The summed E-state index contributed by atoms with van der Waals surface area (Å²) in [5.74, 6) is 0.770. The zero-order valence-corrected chi connectivity index (χ0v) is 12.4. The second-order valence-electron chi connectivity index (χ2n) is 5.01. The Morgan fingerprint density at radius 2 is 2.11 bits per heavy atom. The summed E-state index contributed by atoms with van der Waals surface area (Å²) in [6, 6.07) is 1.95. The van der Waals surface area contributed by atoms with Crippen molar-refractivity contribution in [1.82, 2.24) is 14.6 Å². The first kappa shape index (κ1) is 12.4. The Labute approximate surface area is 120 Å². The van der Waals surface area contributed by atoms with Gasteiger partial charge in [-0.25, -0.2) is 9.50 Å². The molecule has 0 N–H and O–H groups in total. The molecule has 0 aromatic carbocycles. The predicted octanol–water partition coefficient (Wildman–Crippen LogP) is 4.27. The first-order valence-corrected chi connectivity index (χ1v) is 7.60. The lowest BCUT2D eigenvalue weighted by Crippen LogP contribution is -2.11. The third-order valence-electron chi connectivity index (χ3n) is 3.66. The van der Waals surface area contributed by atoms with Crippen LogP contribution in [0.2, 0.25) is 5.15 Å². The Bertz CT molecular complexity index is 561. The molecule has 1 saturated carbocycles. The molecule has 0 radical (unpaired) electrons. The van der Waals surface area contributed by atoms with E-state index < -0.39 is 0 Å². The summed E-state index contributed by atoms with van der Waals surface area (Å²) in [4.78, 5) is 4.66.